The lowest BCUT2D eigenvalue weighted by atomic mass is 10.2. The predicted molar refractivity (Wildman–Crippen MR) is 75.7 cm³/mol. The van der Waals surface area contributed by atoms with Crippen LogP contribution in [0.2, 0.25) is 0 Å². The molecule has 1 fully saturated rings. The van der Waals surface area contributed by atoms with E-state index < -0.39 is 5.97 Å². The summed E-state index contributed by atoms with van der Waals surface area (Å²) < 4.78 is 9.82. The van der Waals surface area contributed by atoms with Crippen molar-refractivity contribution in [2.45, 2.75) is 6.54 Å². The highest BCUT2D eigenvalue weighted by Gasteiger charge is 2.16. The van der Waals surface area contributed by atoms with Gasteiger partial charge in [0.15, 0.2) is 0 Å². The Morgan fingerprint density at radius 2 is 2.15 bits per heavy atom. The third-order valence-electron chi connectivity index (χ3n) is 3.63. The highest BCUT2D eigenvalue weighted by Crippen LogP contribution is 2.11. The number of rotatable bonds is 6. The molecule has 0 spiro atoms. The summed E-state index contributed by atoms with van der Waals surface area (Å²) in [5.41, 5.74) is 0.843. The Bertz CT molecular complexity index is 425. The first kappa shape index (κ1) is 15.0. The first-order valence-electron chi connectivity index (χ1n) is 6.97. The van der Waals surface area contributed by atoms with Crippen molar-refractivity contribution in [1.82, 2.24) is 15.1 Å². The monoisotopic (exact) mass is 281 g/mol. The predicted octanol–water partition coefficient (Wildman–Crippen LogP) is 0.403. The van der Waals surface area contributed by atoms with Crippen LogP contribution in [0.3, 0.4) is 0 Å². The van der Waals surface area contributed by atoms with Crippen LogP contribution in [0, 0.1) is 0 Å². The van der Waals surface area contributed by atoms with Gasteiger partial charge >= 0.3 is 5.97 Å². The van der Waals surface area contributed by atoms with E-state index in [0.29, 0.717) is 12.3 Å². The molecule has 0 amide bonds. The van der Waals surface area contributed by atoms with Crippen LogP contribution in [0.1, 0.15) is 16.1 Å². The van der Waals surface area contributed by atoms with E-state index in [-0.39, 0.29) is 0 Å². The molecule has 0 atom stereocenters. The second-order valence-corrected chi connectivity index (χ2v) is 5.09. The van der Waals surface area contributed by atoms with E-state index in [9.17, 15) is 4.79 Å². The highest BCUT2D eigenvalue weighted by atomic mass is 16.5. The lowest BCUT2D eigenvalue weighted by Gasteiger charge is -2.32. The number of hydrogen-bond acceptors (Lipinski definition) is 6. The van der Waals surface area contributed by atoms with Crippen LogP contribution in [0.4, 0.5) is 0 Å². The van der Waals surface area contributed by atoms with Crippen LogP contribution >= 0.6 is 0 Å². The molecule has 1 aliphatic rings. The minimum Gasteiger partial charge on any atom is -0.463 e. The number of furan rings is 1. The zero-order valence-electron chi connectivity index (χ0n) is 12.2. The van der Waals surface area contributed by atoms with Crippen LogP contribution in [-0.2, 0) is 11.3 Å². The summed E-state index contributed by atoms with van der Waals surface area (Å²) in [6.07, 6.45) is 1.52. The average molecular weight is 281 g/mol. The van der Waals surface area contributed by atoms with Crippen molar-refractivity contribution in [3.8, 4) is 0 Å². The normalized spacial score (nSPS) is 17.3. The van der Waals surface area contributed by atoms with Crippen LogP contribution < -0.4 is 5.32 Å². The van der Waals surface area contributed by atoms with E-state index in [1.165, 1.54) is 13.4 Å². The number of piperazine rings is 1. The molecular formula is C14H23N3O3. The summed E-state index contributed by atoms with van der Waals surface area (Å²) in [6, 6.07) is 1.80. The van der Waals surface area contributed by atoms with Crippen molar-refractivity contribution < 1.29 is 13.9 Å². The third kappa shape index (κ3) is 4.06. The van der Waals surface area contributed by atoms with Crippen molar-refractivity contribution in [2.75, 3.05) is 53.4 Å². The van der Waals surface area contributed by atoms with Gasteiger partial charge in [0.05, 0.1) is 13.4 Å². The lowest BCUT2D eigenvalue weighted by Crippen LogP contribution is -2.46. The Balaban J connectivity index is 1.68. The molecule has 0 aliphatic carbocycles. The van der Waals surface area contributed by atoms with Gasteiger partial charge in [-0.15, -0.1) is 0 Å². The Hall–Kier alpha value is -1.37. The van der Waals surface area contributed by atoms with E-state index in [1.54, 1.807) is 6.07 Å². The third-order valence-corrected chi connectivity index (χ3v) is 3.63. The molecule has 2 heterocycles. The second-order valence-electron chi connectivity index (χ2n) is 5.09. The van der Waals surface area contributed by atoms with Gasteiger partial charge in [-0.05, 0) is 13.1 Å². The molecule has 6 heteroatoms. The molecule has 2 rings (SSSR count). The number of ether oxygens (including phenoxy) is 1. The van der Waals surface area contributed by atoms with Gasteiger partial charge in [0.1, 0.15) is 0 Å². The fraction of sp³-hybridized carbons (Fsp3) is 0.643. The van der Waals surface area contributed by atoms with Crippen LogP contribution in [-0.4, -0.2) is 69.2 Å². The number of carbonyl (C=O) groups excluding carboxylic acids is 1. The molecule has 1 aromatic rings. The first-order valence-corrected chi connectivity index (χ1v) is 6.97. The van der Waals surface area contributed by atoms with E-state index in [4.69, 9.17) is 4.42 Å². The van der Waals surface area contributed by atoms with Crippen molar-refractivity contribution >= 4 is 5.97 Å². The summed E-state index contributed by atoms with van der Waals surface area (Å²) in [6.45, 7) is 7.06. The van der Waals surface area contributed by atoms with Gasteiger partial charge in [0, 0.05) is 51.4 Å². The second kappa shape index (κ2) is 7.42. The average Bonchev–Trinajstić information content (AvgIpc) is 2.93. The quantitative estimate of drug-likeness (QED) is 0.602. The van der Waals surface area contributed by atoms with Gasteiger partial charge in [-0.25, -0.2) is 4.79 Å². The van der Waals surface area contributed by atoms with Gasteiger partial charge in [-0.1, -0.05) is 0 Å². The smallest absolute Gasteiger partial charge is 0.374 e. The fourth-order valence-corrected chi connectivity index (χ4v) is 2.28. The maximum atomic E-state index is 11.4. The number of hydrogen-bond donors (Lipinski definition) is 1. The van der Waals surface area contributed by atoms with Gasteiger partial charge in [0.2, 0.25) is 5.76 Å². The molecule has 20 heavy (non-hydrogen) atoms. The van der Waals surface area contributed by atoms with Crippen molar-refractivity contribution in [1.29, 1.82) is 0 Å². The number of methoxy groups -OCH3 is 1. The standard InChI is InChI=1S/C14H23N3O3/c1-16-6-8-17(9-7-16)5-4-15-11-12-3-10-20-13(12)14(18)19-2/h3,10,15H,4-9,11H2,1-2H3. The molecule has 0 bridgehead atoms. The van der Waals surface area contributed by atoms with Gasteiger partial charge < -0.3 is 19.4 Å². The first-order chi connectivity index (χ1) is 9.70. The van der Waals surface area contributed by atoms with E-state index in [0.717, 1.165) is 44.8 Å². The number of esters is 1. The van der Waals surface area contributed by atoms with E-state index in [1.807, 2.05) is 0 Å². The molecule has 1 aliphatic heterocycles. The van der Waals surface area contributed by atoms with Gasteiger partial charge in [0.25, 0.3) is 0 Å². The zero-order chi connectivity index (χ0) is 14.4. The number of carbonyl (C=O) groups is 1. The van der Waals surface area contributed by atoms with Crippen LogP contribution in [0.25, 0.3) is 0 Å². The molecule has 112 valence electrons. The lowest BCUT2D eigenvalue weighted by molar-refractivity contribution is 0.0563. The largest absolute Gasteiger partial charge is 0.463 e. The fourth-order valence-electron chi connectivity index (χ4n) is 2.28. The molecule has 1 aromatic heterocycles. The molecule has 0 radical (unpaired) electrons. The van der Waals surface area contributed by atoms with E-state index >= 15 is 0 Å². The van der Waals surface area contributed by atoms with Crippen LogP contribution in [0.15, 0.2) is 16.7 Å². The number of nitrogens with zero attached hydrogens (tertiary/aromatic N) is 2. The Morgan fingerprint density at radius 3 is 2.85 bits per heavy atom. The molecular weight excluding hydrogens is 258 g/mol. The van der Waals surface area contributed by atoms with Gasteiger partial charge in [-0.3, -0.25) is 4.90 Å². The van der Waals surface area contributed by atoms with E-state index in [2.05, 4.69) is 26.9 Å². The number of nitrogens with one attached hydrogen (secondary N) is 1. The molecule has 1 saturated heterocycles. The summed E-state index contributed by atoms with van der Waals surface area (Å²) in [7, 11) is 3.51. The summed E-state index contributed by atoms with van der Waals surface area (Å²) >= 11 is 0. The van der Waals surface area contributed by atoms with Gasteiger partial charge in [-0.2, -0.15) is 0 Å². The maximum Gasteiger partial charge on any atom is 0.374 e. The highest BCUT2D eigenvalue weighted by molar-refractivity contribution is 5.87. The minimum absolute atomic E-state index is 0.291. The molecule has 0 unspecified atom stereocenters. The van der Waals surface area contributed by atoms with Crippen molar-refractivity contribution in [3.05, 3.63) is 23.7 Å². The molecule has 0 saturated carbocycles. The van der Waals surface area contributed by atoms with Crippen molar-refractivity contribution in [2.24, 2.45) is 0 Å². The SMILES string of the molecule is COC(=O)c1occc1CNCCN1CCN(C)CC1. The van der Waals surface area contributed by atoms with Crippen molar-refractivity contribution in [3.63, 3.8) is 0 Å². The zero-order valence-corrected chi connectivity index (χ0v) is 12.2. The maximum absolute atomic E-state index is 11.4. The topological polar surface area (TPSA) is 58.0 Å². The minimum atomic E-state index is -0.425. The summed E-state index contributed by atoms with van der Waals surface area (Å²) in [5, 5.41) is 3.34. The number of likely N-dealkylation sites (N-methyl/N-ethyl adjacent to an activating group) is 1. The van der Waals surface area contributed by atoms with Crippen LogP contribution in [0.5, 0.6) is 0 Å². The molecule has 0 aromatic carbocycles. The Kier molecular flexibility index (Phi) is 5.58. The summed E-state index contributed by atoms with van der Waals surface area (Å²) in [5.74, 6) is -0.134. The molecule has 1 N–H and O–H groups in total. The summed E-state index contributed by atoms with van der Waals surface area (Å²) in [4.78, 5) is 16.2. The Morgan fingerprint density at radius 1 is 1.40 bits per heavy atom. The Labute approximate surface area is 119 Å². The molecule has 6 nitrogen and oxygen atoms in total.